The van der Waals surface area contributed by atoms with Crippen molar-refractivity contribution in [2.24, 2.45) is 0 Å². The Morgan fingerprint density at radius 1 is 1.38 bits per heavy atom. The monoisotopic (exact) mass is 234 g/mol. The Morgan fingerprint density at radius 3 is 2.75 bits per heavy atom. The minimum absolute atomic E-state index is 0.305. The van der Waals surface area contributed by atoms with E-state index in [0.29, 0.717) is 11.8 Å². The first-order chi connectivity index (χ1) is 7.75. The summed E-state index contributed by atoms with van der Waals surface area (Å²) in [6.07, 6.45) is 1.89. The van der Waals surface area contributed by atoms with Crippen LogP contribution in [0, 0.1) is 0 Å². The summed E-state index contributed by atoms with van der Waals surface area (Å²) in [4.78, 5) is 5.29. The maximum atomic E-state index is 9.16. The zero-order valence-electron chi connectivity index (χ0n) is 9.05. The average molecular weight is 234 g/mol. The van der Waals surface area contributed by atoms with E-state index in [1.165, 1.54) is 4.88 Å². The number of thiazole rings is 1. The third-order valence-electron chi connectivity index (χ3n) is 2.43. The molecular formula is C12H14N2OS. The Balaban J connectivity index is 1.90. The molecule has 84 valence electrons. The van der Waals surface area contributed by atoms with Crippen LogP contribution in [-0.2, 0) is 6.54 Å². The smallest absolute Gasteiger partial charge is 0.115 e. The maximum absolute atomic E-state index is 9.16. The Kier molecular flexibility index (Phi) is 3.54. The normalized spacial score (nSPS) is 12.6. The topological polar surface area (TPSA) is 45.1 Å². The van der Waals surface area contributed by atoms with Crippen molar-refractivity contribution in [1.82, 2.24) is 10.3 Å². The molecule has 0 spiro atoms. The van der Waals surface area contributed by atoms with Crippen LogP contribution in [0.1, 0.15) is 23.4 Å². The van der Waals surface area contributed by atoms with Crippen molar-refractivity contribution in [3.05, 3.63) is 46.4 Å². The van der Waals surface area contributed by atoms with Gasteiger partial charge in [0.1, 0.15) is 5.75 Å². The fourth-order valence-electron chi connectivity index (χ4n) is 1.42. The van der Waals surface area contributed by atoms with Crippen LogP contribution in [0.15, 0.2) is 36.0 Å². The predicted octanol–water partition coefficient (Wildman–Crippen LogP) is 2.70. The van der Waals surface area contributed by atoms with Gasteiger partial charge < -0.3 is 10.4 Å². The summed E-state index contributed by atoms with van der Waals surface area (Å²) < 4.78 is 0. The highest BCUT2D eigenvalue weighted by atomic mass is 32.1. The fourth-order valence-corrected chi connectivity index (χ4v) is 2.08. The van der Waals surface area contributed by atoms with Crippen LogP contribution in [0.25, 0.3) is 0 Å². The zero-order chi connectivity index (χ0) is 11.4. The lowest BCUT2D eigenvalue weighted by atomic mass is 10.2. The molecule has 2 aromatic rings. The van der Waals surface area contributed by atoms with Gasteiger partial charge in [-0.2, -0.15) is 0 Å². The van der Waals surface area contributed by atoms with E-state index in [9.17, 15) is 0 Å². The third kappa shape index (κ3) is 2.81. The highest BCUT2D eigenvalue weighted by Gasteiger charge is 2.05. The molecule has 4 heteroatoms. The Labute approximate surface area is 98.8 Å². The molecule has 1 atom stereocenters. The second-order valence-electron chi connectivity index (χ2n) is 3.67. The van der Waals surface area contributed by atoms with Crippen molar-refractivity contribution in [2.75, 3.05) is 0 Å². The highest BCUT2D eigenvalue weighted by Crippen LogP contribution is 2.17. The first-order valence-corrected chi connectivity index (χ1v) is 6.03. The minimum atomic E-state index is 0.305. The average Bonchev–Trinajstić information content (AvgIpc) is 2.81. The van der Waals surface area contributed by atoms with Crippen LogP contribution in [0.2, 0.25) is 0 Å². The third-order valence-corrected chi connectivity index (χ3v) is 3.39. The summed E-state index contributed by atoms with van der Waals surface area (Å²) in [6.45, 7) is 2.91. The van der Waals surface area contributed by atoms with Crippen LogP contribution < -0.4 is 5.32 Å². The lowest BCUT2D eigenvalue weighted by Gasteiger charge is -2.11. The summed E-state index contributed by atoms with van der Waals surface area (Å²) in [5.41, 5.74) is 3.00. The van der Waals surface area contributed by atoms with Gasteiger partial charge in [-0.1, -0.05) is 12.1 Å². The summed E-state index contributed by atoms with van der Waals surface area (Å²) >= 11 is 1.66. The Morgan fingerprint density at radius 2 is 2.12 bits per heavy atom. The van der Waals surface area contributed by atoms with Crippen LogP contribution in [0.4, 0.5) is 0 Å². The van der Waals surface area contributed by atoms with E-state index in [2.05, 4.69) is 17.2 Å². The number of nitrogens with one attached hydrogen (secondary N) is 1. The van der Waals surface area contributed by atoms with Crippen molar-refractivity contribution >= 4 is 11.3 Å². The summed E-state index contributed by atoms with van der Waals surface area (Å²) in [7, 11) is 0. The number of aromatic hydroxyl groups is 1. The van der Waals surface area contributed by atoms with Gasteiger partial charge in [-0.25, -0.2) is 0 Å². The largest absolute Gasteiger partial charge is 0.508 e. The van der Waals surface area contributed by atoms with Crippen LogP contribution in [0.3, 0.4) is 0 Å². The molecule has 2 N–H and O–H groups in total. The molecule has 0 bridgehead atoms. The van der Waals surface area contributed by atoms with Crippen LogP contribution in [0.5, 0.6) is 5.75 Å². The number of nitrogens with zero attached hydrogens (tertiary/aromatic N) is 1. The Bertz CT molecular complexity index is 425. The molecule has 1 heterocycles. The number of benzene rings is 1. The van der Waals surface area contributed by atoms with E-state index in [0.717, 1.165) is 12.1 Å². The molecule has 1 aromatic heterocycles. The van der Waals surface area contributed by atoms with Gasteiger partial charge in [0.25, 0.3) is 0 Å². The van der Waals surface area contributed by atoms with Crippen molar-refractivity contribution in [3.63, 3.8) is 0 Å². The van der Waals surface area contributed by atoms with Gasteiger partial charge in [-0.3, -0.25) is 4.98 Å². The number of hydrogen-bond donors (Lipinski definition) is 2. The summed E-state index contributed by atoms with van der Waals surface area (Å²) in [5, 5.41) is 12.6. The first kappa shape index (κ1) is 11.1. The fraction of sp³-hybridized carbons (Fsp3) is 0.250. The quantitative estimate of drug-likeness (QED) is 0.855. The van der Waals surface area contributed by atoms with E-state index in [1.54, 1.807) is 23.5 Å². The van der Waals surface area contributed by atoms with Crippen LogP contribution in [-0.4, -0.2) is 10.1 Å². The number of rotatable bonds is 4. The van der Waals surface area contributed by atoms with Gasteiger partial charge in [0, 0.05) is 23.7 Å². The summed E-state index contributed by atoms with van der Waals surface area (Å²) in [5.74, 6) is 0.305. The van der Waals surface area contributed by atoms with Gasteiger partial charge in [-0.05, 0) is 24.6 Å². The number of phenols is 1. The first-order valence-electron chi connectivity index (χ1n) is 5.15. The van der Waals surface area contributed by atoms with Crippen molar-refractivity contribution in [2.45, 2.75) is 19.5 Å². The standard InChI is InChI=1S/C12H14N2OS/c1-9(12-7-13-8-16-12)14-6-10-2-4-11(15)5-3-10/h2-5,7-9,14-15H,6H2,1H3. The Hall–Kier alpha value is -1.39. The molecule has 1 unspecified atom stereocenters. The molecule has 0 radical (unpaired) electrons. The zero-order valence-corrected chi connectivity index (χ0v) is 9.87. The van der Waals surface area contributed by atoms with Gasteiger partial charge in [0.15, 0.2) is 0 Å². The molecule has 2 rings (SSSR count). The van der Waals surface area contributed by atoms with E-state index in [1.807, 2.05) is 23.8 Å². The second-order valence-corrected chi connectivity index (χ2v) is 4.59. The number of aromatic nitrogens is 1. The maximum Gasteiger partial charge on any atom is 0.115 e. The van der Waals surface area contributed by atoms with Crippen molar-refractivity contribution in [3.8, 4) is 5.75 Å². The molecule has 0 aliphatic heterocycles. The molecular weight excluding hydrogens is 220 g/mol. The molecule has 0 saturated carbocycles. The van der Waals surface area contributed by atoms with Crippen LogP contribution >= 0.6 is 11.3 Å². The van der Waals surface area contributed by atoms with Gasteiger partial charge >= 0.3 is 0 Å². The number of phenolic OH excluding ortho intramolecular Hbond substituents is 1. The van der Waals surface area contributed by atoms with Gasteiger partial charge in [0.05, 0.1) is 5.51 Å². The molecule has 16 heavy (non-hydrogen) atoms. The molecule has 0 aliphatic rings. The number of hydrogen-bond acceptors (Lipinski definition) is 4. The molecule has 0 amide bonds. The minimum Gasteiger partial charge on any atom is -0.508 e. The van der Waals surface area contributed by atoms with E-state index in [-0.39, 0.29) is 0 Å². The van der Waals surface area contributed by atoms with Gasteiger partial charge in [-0.15, -0.1) is 11.3 Å². The van der Waals surface area contributed by atoms with Crippen molar-refractivity contribution in [1.29, 1.82) is 0 Å². The molecule has 0 saturated heterocycles. The van der Waals surface area contributed by atoms with E-state index in [4.69, 9.17) is 5.11 Å². The second kappa shape index (κ2) is 5.09. The molecule has 0 fully saturated rings. The SMILES string of the molecule is CC(NCc1ccc(O)cc1)c1cncs1. The molecule has 3 nitrogen and oxygen atoms in total. The predicted molar refractivity (Wildman–Crippen MR) is 65.5 cm³/mol. The van der Waals surface area contributed by atoms with Gasteiger partial charge in [0.2, 0.25) is 0 Å². The molecule has 0 aliphatic carbocycles. The van der Waals surface area contributed by atoms with E-state index < -0.39 is 0 Å². The highest BCUT2D eigenvalue weighted by molar-refractivity contribution is 7.09. The summed E-state index contributed by atoms with van der Waals surface area (Å²) in [6, 6.07) is 7.55. The van der Waals surface area contributed by atoms with E-state index >= 15 is 0 Å². The van der Waals surface area contributed by atoms with Crippen molar-refractivity contribution < 1.29 is 5.11 Å². The lowest BCUT2D eigenvalue weighted by Crippen LogP contribution is -2.16. The lowest BCUT2D eigenvalue weighted by molar-refractivity contribution is 0.475. The molecule has 1 aromatic carbocycles.